The van der Waals surface area contributed by atoms with E-state index in [0.717, 1.165) is 7.11 Å². The highest BCUT2D eigenvalue weighted by Crippen LogP contribution is 2.26. The summed E-state index contributed by atoms with van der Waals surface area (Å²) in [5.41, 5.74) is 0.0854. The summed E-state index contributed by atoms with van der Waals surface area (Å²) in [4.78, 5) is 26.1. The lowest BCUT2D eigenvalue weighted by Crippen LogP contribution is -2.23. The van der Waals surface area contributed by atoms with Gasteiger partial charge in [0.05, 0.1) is 32.3 Å². The van der Waals surface area contributed by atoms with Gasteiger partial charge in [0.2, 0.25) is 0 Å². The Kier molecular flexibility index (Phi) is 5.87. The maximum atomic E-state index is 11.4. The fourth-order valence-electron chi connectivity index (χ4n) is 1.47. The Morgan fingerprint density at radius 1 is 1.35 bits per heavy atom. The van der Waals surface area contributed by atoms with Crippen molar-refractivity contribution < 1.29 is 29.3 Å². The molecule has 0 aromatic carbocycles. The third-order valence-electron chi connectivity index (χ3n) is 2.57. The van der Waals surface area contributed by atoms with E-state index in [1.54, 1.807) is 0 Å². The summed E-state index contributed by atoms with van der Waals surface area (Å²) in [6.45, 7) is 0. The number of halogens is 1. The van der Waals surface area contributed by atoms with E-state index in [4.69, 9.17) is 11.6 Å². The molecule has 2 N–H and O–H groups in total. The highest BCUT2D eigenvalue weighted by atomic mass is 35.5. The molecule has 0 bridgehead atoms. The zero-order valence-electron chi connectivity index (χ0n) is 10.9. The average molecular weight is 304 g/mol. The van der Waals surface area contributed by atoms with Gasteiger partial charge in [0.1, 0.15) is 11.3 Å². The molecule has 20 heavy (non-hydrogen) atoms. The number of hydrogen-bond donors (Lipinski definition) is 2. The van der Waals surface area contributed by atoms with Gasteiger partial charge in [0, 0.05) is 11.8 Å². The van der Waals surface area contributed by atoms with E-state index in [1.807, 2.05) is 0 Å². The lowest BCUT2D eigenvalue weighted by Gasteiger charge is -2.18. The summed E-state index contributed by atoms with van der Waals surface area (Å²) in [7, 11) is 2.35. The summed E-state index contributed by atoms with van der Waals surface area (Å²) >= 11 is 5.80. The summed E-state index contributed by atoms with van der Waals surface area (Å²) in [5, 5.41) is 19.6. The first kappa shape index (κ1) is 16.4. The predicted molar refractivity (Wildman–Crippen MR) is 68.2 cm³/mol. The van der Waals surface area contributed by atoms with Gasteiger partial charge in [-0.1, -0.05) is 11.6 Å². The molecule has 0 radical (unpaired) electrons. The van der Waals surface area contributed by atoms with Crippen molar-refractivity contribution in [2.45, 2.75) is 18.6 Å². The molecule has 1 aromatic heterocycles. The summed E-state index contributed by atoms with van der Waals surface area (Å²) in [6, 6.07) is 1.24. The van der Waals surface area contributed by atoms with E-state index < -0.39 is 30.6 Å². The van der Waals surface area contributed by atoms with Crippen LogP contribution < -0.4 is 0 Å². The summed E-state index contributed by atoms with van der Waals surface area (Å²) < 4.78 is 8.90. The van der Waals surface area contributed by atoms with Crippen LogP contribution in [0.5, 0.6) is 0 Å². The smallest absolute Gasteiger partial charge is 0.339 e. The second-order valence-electron chi connectivity index (χ2n) is 3.89. The average Bonchev–Trinajstić information content (AvgIpc) is 2.45. The van der Waals surface area contributed by atoms with Crippen molar-refractivity contribution in [1.82, 2.24) is 4.98 Å². The van der Waals surface area contributed by atoms with Crippen LogP contribution in [-0.2, 0) is 14.3 Å². The molecule has 0 saturated heterocycles. The van der Waals surface area contributed by atoms with Crippen LogP contribution in [0.15, 0.2) is 12.3 Å². The molecule has 0 aliphatic heterocycles. The van der Waals surface area contributed by atoms with Gasteiger partial charge >= 0.3 is 11.9 Å². The van der Waals surface area contributed by atoms with Gasteiger partial charge in [-0.05, 0) is 6.07 Å². The molecule has 2 unspecified atom stereocenters. The zero-order chi connectivity index (χ0) is 15.3. The van der Waals surface area contributed by atoms with E-state index >= 15 is 0 Å². The molecule has 2 atom stereocenters. The van der Waals surface area contributed by atoms with Crippen LogP contribution in [0.1, 0.15) is 28.4 Å². The number of methoxy groups -OCH3 is 2. The van der Waals surface area contributed by atoms with Crippen LogP contribution in [0.25, 0.3) is 0 Å². The first-order valence-electron chi connectivity index (χ1n) is 5.57. The molecule has 1 rings (SSSR count). The van der Waals surface area contributed by atoms with Crippen molar-refractivity contribution >= 4 is 23.5 Å². The number of hydrogen-bond acceptors (Lipinski definition) is 7. The molecule has 0 saturated carbocycles. The Hall–Kier alpha value is -1.70. The first-order valence-corrected chi connectivity index (χ1v) is 5.95. The number of rotatable bonds is 5. The number of pyridine rings is 1. The second kappa shape index (κ2) is 7.18. The summed E-state index contributed by atoms with van der Waals surface area (Å²) in [6.07, 6.45) is -2.17. The Morgan fingerprint density at radius 2 is 2.00 bits per heavy atom. The lowest BCUT2D eigenvalue weighted by atomic mass is 10.0. The van der Waals surface area contributed by atoms with Gasteiger partial charge in [-0.25, -0.2) is 9.78 Å². The zero-order valence-corrected chi connectivity index (χ0v) is 11.6. The first-order chi connectivity index (χ1) is 9.40. The maximum Gasteiger partial charge on any atom is 0.339 e. The minimum absolute atomic E-state index is 0.0194. The largest absolute Gasteiger partial charge is 0.469 e. The fourth-order valence-corrected chi connectivity index (χ4v) is 1.69. The van der Waals surface area contributed by atoms with Gasteiger partial charge < -0.3 is 19.7 Å². The lowest BCUT2D eigenvalue weighted by molar-refractivity contribution is -0.144. The molecule has 0 aliphatic rings. The molecular formula is C12H14ClNO6. The van der Waals surface area contributed by atoms with Crippen molar-refractivity contribution in [2.75, 3.05) is 14.2 Å². The molecule has 8 heteroatoms. The molecule has 0 aliphatic carbocycles. The highest BCUT2D eigenvalue weighted by molar-refractivity contribution is 6.30. The Morgan fingerprint density at radius 3 is 2.55 bits per heavy atom. The molecular weight excluding hydrogens is 290 g/mol. The number of aromatic nitrogens is 1. The van der Waals surface area contributed by atoms with E-state index in [0.29, 0.717) is 0 Å². The fraction of sp³-hybridized carbons (Fsp3) is 0.417. The van der Waals surface area contributed by atoms with Crippen LogP contribution in [0.3, 0.4) is 0 Å². The van der Waals surface area contributed by atoms with Crippen molar-refractivity contribution in [3.63, 3.8) is 0 Å². The van der Waals surface area contributed by atoms with E-state index in [9.17, 15) is 19.8 Å². The molecule has 0 fully saturated rings. The second-order valence-corrected chi connectivity index (χ2v) is 4.25. The third kappa shape index (κ3) is 3.89. The highest BCUT2D eigenvalue weighted by Gasteiger charge is 2.25. The maximum absolute atomic E-state index is 11.4. The molecule has 0 spiro atoms. The molecule has 1 heterocycles. The van der Waals surface area contributed by atoms with Crippen LogP contribution in [0, 0.1) is 0 Å². The number of carbonyl (C=O) groups excluding carboxylic acids is 2. The number of nitrogens with zero attached hydrogens (tertiary/aromatic N) is 1. The van der Waals surface area contributed by atoms with Crippen LogP contribution in [0.2, 0.25) is 5.15 Å². The summed E-state index contributed by atoms with van der Waals surface area (Å²) in [5.74, 6) is -1.35. The molecule has 0 amide bonds. The number of aliphatic hydroxyl groups is 2. The minimum Gasteiger partial charge on any atom is -0.469 e. The van der Waals surface area contributed by atoms with E-state index in [2.05, 4.69) is 14.5 Å². The van der Waals surface area contributed by atoms with Gasteiger partial charge in [-0.15, -0.1) is 0 Å². The van der Waals surface area contributed by atoms with Gasteiger partial charge in [-0.3, -0.25) is 4.79 Å². The van der Waals surface area contributed by atoms with Gasteiger partial charge in [0.25, 0.3) is 0 Å². The topological polar surface area (TPSA) is 106 Å². The SMILES string of the molecule is COC(=O)CC(O)C(O)c1cc(C(=O)OC)cnc1Cl. The number of aliphatic hydroxyl groups excluding tert-OH is 2. The number of esters is 2. The molecule has 110 valence electrons. The van der Waals surface area contributed by atoms with Crippen LogP contribution in [0.4, 0.5) is 0 Å². The van der Waals surface area contributed by atoms with Crippen molar-refractivity contribution in [1.29, 1.82) is 0 Å². The third-order valence-corrected chi connectivity index (χ3v) is 2.89. The number of ether oxygens (including phenoxy) is 2. The van der Waals surface area contributed by atoms with Crippen molar-refractivity contribution in [3.05, 3.63) is 28.5 Å². The number of carbonyl (C=O) groups is 2. The van der Waals surface area contributed by atoms with Crippen molar-refractivity contribution in [2.24, 2.45) is 0 Å². The monoisotopic (exact) mass is 303 g/mol. The Balaban J connectivity index is 2.99. The minimum atomic E-state index is -1.49. The van der Waals surface area contributed by atoms with Crippen LogP contribution >= 0.6 is 11.6 Å². The van der Waals surface area contributed by atoms with Gasteiger partial charge in [-0.2, -0.15) is 0 Å². The standard InChI is InChI=1S/C12H14ClNO6/c1-19-9(16)4-8(15)10(17)7-3-6(12(18)20-2)5-14-11(7)13/h3,5,8,10,15,17H,4H2,1-2H3. The Labute approximate surface area is 120 Å². The van der Waals surface area contributed by atoms with E-state index in [-0.39, 0.29) is 16.3 Å². The Bertz CT molecular complexity index is 507. The molecule has 1 aromatic rings. The quantitative estimate of drug-likeness (QED) is 0.602. The van der Waals surface area contributed by atoms with E-state index in [1.165, 1.54) is 19.4 Å². The molecule has 7 nitrogen and oxygen atoms in total. The normalized spacial score (nSPS) is 13.4. The van der Waals surface area contributed by atoms with Crippen molar-refractivity contribution in [3.8, 4) is 0 Å². The van der Waals surface area contributed by atoms with Gasteiger partial charge in [0.15, 0.2) is 0 Å². The predicted octanol–water partition coefficient (Wildman–Crippen LogP) is 0.479. The van der Waals surface area contributed by atoms with Crippen LogP contribution in [-0.4, -0.2) is 47.5 Å².